The van der Waals surface area contributed by atoms with Crippen molar-refractivity contribution in [1.29, 1.82) is 0 Å². The Morgan fingerprint density at radius 3 is 2.65 bits per heavy atom. The van der Waals surface area contributed by atoms with Crippen LogP contribution in [0.3, 0.4) is 0 Å². The highest BCUT2D eigenvalue weighted by Gasteiger charge is 2.18. The van der Waals surface area contributed by atoms with Gasteiger partial charge in [0.15, 0.2) is 0 Å². The molecule has 1 aliphatic heterocycles. The van der Waals surface area contributed by atoms with E-state index in [9.17, 15) is 0 Å². The van der Waals surface area contributed by atoms with Gasteiger partial charge in [0.25, 0.3) is 0 Å². The van der Waals surface area contributed by atoms with Crippen LogP contribution in [0.15, 0.2) is 90.4 Å². The van der Waals surface area contributed by atoms with E-state index in [0.717, 1.165) is 17.7 Å². The molecule has 0 saturated carbocycles. The Morgan fingerprint density at radius 2 is 2.00 bits per heavy atom. The number of allylic oxidation sites excluding steroid dienone is 5. The molecule has 0 fully saturated rings. The van der Waals surface area contributed by atoms with Crippen molar-refractivity contribution in [2.75, 3.05) is 0 Å². The van der Waals surface area contributed by atoms with E-state index >= 15 is 0 Å². The Morgan fingerprint density at radius 1 is 1.19 bits per heavy atom. The topological polar surface area (TPSA) is 24.9 Å². The summed E-state index contributed by atoms with van der Waals surface area (Å²) < 4.78 is 0. The van der Waals surface area contributed by atoms with Crippen LogP contribution in [0.5, 0.6) is 0 Å². The first kappa shape index (κ1) is 17.9. The molecule has 1 N–H and O–H groups in total. The van der Waals surface area contributed by atoms with E-state index in [1.165, 1.54) is 22.3 Å². The largest absolute Gasteiger partial charge is 0.374 e. The van der Waals surface area contributed by atoms with Gasteiger partial charge in [-0.1, -0.05) is 61.0 Å². The standard InChI is InChI=1S/C24H26N2/c1-4-6-8-19(5-2)23-15-22(20-12-10-18(3)11-13-20)16-24(26-23)21-9-7-14-25-17-21/h5-17,24,26H,4H2,1-3H3/b8-6-,19-5+. The van der Waals surface area contributed by atoms with Crippen LogP contribution in [-0.4, -0.2) is 4.98 Å². The van der Waals surface area contributed by atoms with Crippen LogP contribution in [-0.2, 0) is 0 Å². The quantitative estimate of drug-likeness (QED) is 0.683. The number of rotatable bonds is 5. The summed E-state index contributed by atoms with van der Waals surface area (Å²) in [4.78, 5) is 4.29. The highest BCUT2D eigenvalue weighted by atomic mass is 14.9. The fourth-order valence-electron chi connectivity index (χ4n) is 3.05. The van der Waals surface area contributed by atoms with Crippen LogP contribution in [0.2, 0.25) is 0 Å². The second-order valence-corrected chi connectivity index (χ2v) is 6.51. The highest BCUT2D eigenvalue weighted by molar-refractivity contribution is 5.78. The highest BCUT2D eigenvalue weighted by Crippen LogP contribution is 2.30. The third-order valence-corrected chi connectivity index (χ3v) is 4.54. The summed E-state index contributed by atoms with van der Waals surface area (Å²) >= 11 is 0. The van der Waals surface area contributed by atoms with Gasteiger partial charge in [0.1, 0.15) is 0 Å². The Balaban J connectivity index is 2.03. The lowest BCUT2D eigenvalue weighted by Gasteiger charge is -2.26. The van der Waals surface area contributed by atoms with Crippen molar-refractivity contribution in [3.8, 4) is 0 Å². The maximum absolute atomic E-state index is 4.29. The molecule has 2 heteroatoms. The number of aryl methyl sites for hydroxylation is 1. The van der Waals surface area contributed by atoms with E-state index in [4.69, 9.17) is 0 Å². The lowest BCUT2D eigenvalue weighted by atomic mass is 9.93. The summed E-state index contributed by atoms with van der Waals surface area (Å²) in [7, 11) is 0. The normalized spacial score (nSPS) is 17.7. The molecule has 0 saturated heterocycles. The second-order valence-electron chi connectivity index (χ2n) is 6.51. The average Bonchev–Trinajstić information content (AvgIpc) is 2.69. The number of hydrogen-bond acceptors (Lipinski definition) is 2. The monoisotopic (exact) mass is 342 g/mol. The van der Waals surface area contributed by atoms with Gasteiger partial charge in [-0.2, -0.15) is 0 Å². The molecular weight excluding hydrogens is 316 g/mol. The Kier molecular flexibility index (Phi) is 5.85. The first-order chi connectivity index (χ1) is 12.7. The lowest BCUT2D eigenvalue weighted by molar-refractivity contribution is 0.713. The third kappa shape index (κ3) is 4.20. The molecule has 0 aliphatic carbocycles. The molecule has 1 unspecified atom stereocenters. The van der Waals surface area contributed by atoms with Crippen LogP contribution in [0.25, 0.3) is 5.57 Å². The molecule has 2 aromatic rings. The molecule has 1 atom stereocenters. The molecule has 2 heterocycles. The van der Waals surface area contributed by atoms with Gasteiger partial charge in [-0.25, -0.2) is 0 Å². The van der Waals surface area contributed by atoms with Crippen LogP contribution < -0.4 is 5.32 Å². The van der Waals surface area contributed by atoms with Crippen LogP contribution in [0.4, 0.5) is 0 Å². The maximum atomic E-state index is 4.29. The predicted molar refractivity (Wildman–Crippen MR) is 111 cm³/mol. The fourth-order valence-corrected chi connectivity index (χ4v) is 3.05. The number of nitrogens with one attached hydrogen (secondary N) is 1. The molecule has 1 aliphatic rings. The van der Waals surface area contributed by atoms with E-state index < -0.39 is 0 Å². The smallest absolute Gasteiger partial charge is 0.0722 e. The molecule has 0 spiro atoms. The number of nitrogens with zero attached hydrogens (tertiary/aromatic N) is 1. The van der Waals surface area contributed by atoms with Crippen molar-refractivity contribution in [1.82, 2.24) is 10.3 Å². The molecule has 132 valence electrons. The summed E-state index contributed by atoms with van der Waals surface area (Å²) in [5, 5.41) is 3.67. The van der Waals surface area contributed by atoms with Gasteiger partial charge in [0.05, 0.1) is 6.04 Å². The van der Waals surface area contributed by atoms with Crippen molar-refractivity contribution >= 4 is 5.57 Å². The molecule has 0 amide bonds. The Labute approximate surface area is 156 Å². The van der Waals surface area contributed by atoms with Gasteiger partial charge in [-0.3, -0.25) is 4.98 Å². The van der Waals surface area contributed by atoms with E-state index in [2.05, 4.69) is 91.8 Å². The second kappa shape index (κ2) is 8.48. The molecule has 3 rings (SSSR count). The number of dihydropyridines is 1. The molecular formula is C24H26N2. The van der Waals surface area contributed by atoms with Crippen molar-refractivity contribution in [2.24, 2.45) is 0 Å². The van der Waals surface area contributed by atoms with Gasteiger partial charge in [0, 0.05) is 18.1 Å². The summed E-state index contributed by atoms with van der Waals surface area (Å²) in [6.45, 7) is 6.36. The van der Waals surface area contributed by atoms with E-state index in [1.54, 1.807) is 0 Å². The minimum Gasteiger partial charge on any atom is -0.374 e. The summed E-state index contributed by atoms with van der Waals surface area (Å²) in [6.07, 6.45) is 15.8. The van der Waals surface area contributed by atoms with Gasteiger partial charge < -0.3 is 5.32 Å². The average molecular weight is 342 g/mol. The zero-order chi connectivity index (χ0) is 18.4. The first-order valence-corrected chi connectivity index (χ1v) is 9.21. The van der Waals surface area contributed by atoms with Crippen LogP contribution in [0.1, 0.15) is 43.0 Å². The number of hydrogen-bond donors (Lipinski definition) is 1. The van der Waals surface area contributed by atoms with Crippen molar-refractivity contribution < 1.29 is 0 Å². The zero-order valence-corrected chi connectivity index (χ0v) is 15.7. The zero-order valence-electron chi connectivity index (χ0n) is 15.7. The van der Waals surface area contributed by atoms with Crippen LogP contribution in [0, 0.1) is 6.92 Å². The Hall–Kier alpha value is -2.87. The minimum atomic E-state index is 0.102. The number of aromatic nitrogens is 1. The molecule has 26 heavy (non-hydrogen) atoms. The summed E-state index contributed by atoms with van der Waals surface area (Å²) in [6, 6.07) is 12.9. The van der Waals surface area contributed by atoms with Gasteiger partial charge >= 0.3 is 0 Å². The van der Waals surface area contributed by atoms with E-state index in [-0.39, 0.29) is 6.04 Å². The van der Waals surface area contributed by atoms with Crippen LogP contribution >= 0.6 is 0 Å². The van der Waals surface area contributed by atoms with Crippen molar-refractivity contribution in [3.63, 3.8) is 0 Å². The van der Waals surface area contributed by atoms with Crippen molar-refractivity contribution in [2.45, 2.75) is 33.2 Å². The third-order valence-electron chi connectivity index (χ3n) is 4.54. The molecule has 0 radical (unpaired) electrons. The number of benzene rings is 1. The maximum Gasteiger partial charge on any atom is 0.0722 e. The molecule has 2 nitrogen and oxygen atoms in total. The lowest BCUT2D eigenvalue weighted by Crippen LogP contribution is -2.23. The predicted octanol–water partition coefficient (Wildman–Crippen LogP) is 5.91. The van der Waals surface area contributed by atoms with Crippen molar-refractivity contribution in [3.05, 3.63) is 107 Å². The first-order valence-electron chi connectivity index (χ1n) is 9.21. The molecule has 0 bridgehead atoms. The summed E-state index contributed by atoms with van der Waals surface area (Å²) in [5.41, 5.74) is 7.26. The number of pyridine rings is 1. The van der Waals surface area contributed by atoms with Gasteiger partial charge in [-0.05, 0) is 60.8 Å². The molecule has 1 aromatic carbocycles. The minimum absolute atomic E-state index is 0.102. The van der Waals surface area contributed by atoms with Gasteiger partial charge in [-0.15, -0.1) is 0 Å². The fraction of sp³-hybridized carbons (Fsp3) is 0.208. The van der Waals surface area contributed by atoms with E-state index in [0.29, 0.717) is 0 Å². The van der Waals surface area contributed by atoms with Gasteiger partial charge in [0.2, 0.25) is 0 Å². The summed E-state index contributed by atoms with van der Waals surface area (Å²) in [5.74, 6) is 0. The Bertz CT molecular complexity index is 853. The molecule has 1 aromatic heterocycles. The SMILES string of the molecule is C/C=C(\C=C/CC)C1=CC(c2ccc(C)cc2)=CC(c2cccnc2)N1. The van der Waals surface area contributed by atoms with E-state index in [1.807, 2.05) is 18.5 Å².